The van der Waals surface area contributed by atoms with Crippen LogP contribution in [0.4, 0.5) is 11.8 Å². The lowest BCUT2D eigenvalue weighted by molar-refractivity contribution is 0.414. The van der Waals surface area contributed by atoms with Crippen molar-refractivity contribution in [1.82, 2.24) is 19.9 Å². The van der Waals surface area contributed by atoms with Crippen LogP contribution in [0.1, 0.15) is 17.7 Å². The van der Waals surface area contributed by atoms with E-state index in [0.717, 1.165) is 47.6 Å². The Kier molecular flexibility index (Phi) is 3.63. The number of rotatable bonds is 3. The van der Waals surface area contributed by atoms with Gasteiger partial charge in [-0.15, -0.1) is 0 Å². The number of nitrogens with one attached hydrogen (secondary N) is 2. The smallest absolute Gasteiger partial charge is 0.226 e. The topological polar surface area (TPSA) is 66.0 Å². The van der Waals surface area contributed by atoms with E-state index in [2.05, 4.69) is 50.5 Å². The molecule has 3 heterocycles. The van der Waals surface area contributed by atoms with Crippen molar-refractivity contribution in [3.05, 3.63) is 17.3 Å². The lowest BCUT2D eigenvalue weighted by Gasteiger charge is -2.15. The van der Waals surface area contributed by atoms with Crippen molar-refractivity contribution in [3.8, 4) is 0 Å². The molecule has 6 heteroatoms. The normalized spacial score (nSPS) is 19.1. The van der Waals surface area contributed by atoms with Gasteiger partial charge in [-0.25, -0.2) is 4.98 Å². The first-order valence-electron chi connectivity index (χ1n) is 7.35. The minimum Gasteiger partial charge on any atom is -0.372 e. The van der Waals surface area contributed by atoms with Gasteiger partial charge >= 0.3 is 0 Å². The van der Waals surface area contributed by atoms with Crippen LogP contribution in [0.25, 0.3) is 11.0 Å². The van der Waals surface area contributed by atoms with Crippen LogP contribution in [0.5, 0.6) is 0 Å². The number of hydrogen-bond acceptors (Lipinski definition) is 6. The van der Waals surface area contributed by atoms with Gasteiger partial charge in [-0.05, 0) is 45.5 Å². The van der Waals surface area contributed by atoms with Gasteiger partial charge in [-0.3, -0.25) is 0 Å². The third-order valence-electron chi connectivity index (χ3n) is 3.95. The van der Waals surface area contributed by atoms with Crippen LogP contribution in [-0.2, 0) is 0 Å². The molecule has 0 aromatic carbocycles. The number of anilines is 2. The fourth-order valence-electron chi connectivity index (χ4n) is 2.96. The Morgan fingerprint density at radius 3 is 2.71 bits per heavy atom. The zero-order chi connectivity index (χ0) is 15.0. The third-order valence-corrected chi connectivity index (χ3v) is 3.95. The highest BCUT2D eigenvalue weighted by Crippen LogP contribution is 2.25. The molecule has 1 saturated heterocycles. The van der Waals surface area contributed by atoms with Gasteiger partial charge in [-0.2, -0.15) is 9.97 Å². The van der Waals surface area contributed by atoms with E-state index in [1.165, 1.54) is 0 Å². The molecule has 21 heavy (non-hydrogen) atoms. The maximum atomic E-state index is 4.61. The lowest BCUT2D eigenvalue weighted by atomic mass is 10.1. The molecule has 2 N–H and O–H groups in total. The summed E-state index contributed by atoms with van der Waals surface area (Å²) in [7, 11) is 4.02. The Morgan fingerprint density at radius 1 is 1.24 bits per heavy atom. The highest BCUT2D eigenvalue weighted by molar-refractivity contribution is 5.90. The summed E-state index contributed by atoms with van der Waals surface area (Å²) in [5.41, 5.74) is 2.88. The summed E-state index contributed by atoms with van der Waals surface area (Å²) < 4.78 is 0. The molecule has 112 valence electrons. The van der Waals surface area contributed by atoms with Crippen LogP contribution in [0.2, 0.25) is 0 Å². The second-order valence-electron chi connectivity index (χ2n) is 5.82. The number of aryl methyl sites for hydroxylation is 2. The second kappa shape index (κ2) is 5.44. The summed E-state index contributed by atoms with van der Waals surface area (Å²) in [6, 6.07) is 2.47. The Bertz CT molecular complexity index is 669. The molecule has 0 radical (unpaired) electrons. The predicted molar refractivity (Wildman–Crippen MR) is 85.9 cm³/mol. The molecule has 0 unspecified atom stereocenters. The number of aromatic nitrogens is 3. The maximum absolute atomic E-state index is 4.61. The number of hydrogen-bond donors (Lipinski definition) is 2. The predicted octanol–water partition coefficient (Wildman–Crippen LogP) is 1.80. The molecule has 2 aromatic heterocycles. The number of pyridine rings is 1. The molecule has 0 saturated carbocycles. The van der Waals surface area contributed by atoms with Crippen molar-refractivity contribution in [2.75, 3.05) is 37.8 Å². The van der Waals surface area contributed by atoms with E-state index >= 15 is 0 Å². The maximum Gasteiger partial charge on any atom is 0.226 e. The van der Waals surface area contributed by atoms with E-state index in [9.17, 15) is 0 Å². The molecule has 1 aliphatic heterocycles. The van der Waals surface area contributed by atoms with Crippen LogP contribution in [0.3, 0.4) is 0 Å². The van der Waals surface area contributed by atoms with Crippen molar-refractivity contribution in [2.45, 2.75) is 26.3 Å². The summed E-state index contributed by atoms with van der Waals surface area (Å²) in [5.74, 6) is 1.49. The van der Waals surface area contributed by atoms with Crippen LogP contribution in [-0.4, -0.2) is 53.1 Å². The molecule has 0 amide bonds. The summed E-state index contributed by atoms with van der Waals surface area (Å²) in [6.07, 6.45) is 1.12. The number of likely N-dealkylation sites (N-methyl/N-ethyl adjacent to an activating group) is 1. The van der Waals surface area contributed by atoms with Gasteiger partial charge in [0.05, 0.1) is 5.39 Å². The van der Waals surface area contributed by atoms with Crippen molar-refractivity contribution < 1.29 is 0 Å². The van der Waals surface area contributed by atoms with Gasteiger partial charge in [0, 0.05) is 25.3 Å². The van der Waals surface area contributed by atoms with Gasteiger partial charge in [0.25, 0.3) is 0 Å². The fraction of sp³-hybridized carbons (Fsp3) is 0.533. The molecule has 2 aromatic rings. The zero-order valence-electron chi connectivity index (χ0n) is 13.1. The zero-order valence-corrected chi connectivity index (χ0v) is 13.1. The van der Waals surface area contributed by atoms with Gasteiger partial charge in [0.1, 0.15) is 5.82 Å². The molecular formula is C15H22N6. The molecule has 0 aliphatic carbocycles. The van der Waals surface area contributed by atoms with Gasteiger partial charge in [-0.1, -0.05) is 0 Å². The van der Waals surface area contributed by atoms with Gasteiger partial charge in [0.15, 0.2) is 5.65 Å². The average Bonchev–Trinajstić information content (AvgIpc) is 2.82. The van der Waals surface area contributed by atoms with E-state index in [0.29, 0.717) is 12.0 Å². The van der Waals surface area contributed by atoms with E-state index in [4.69, 9.17) is 0 Å². The van der Waals surface area contributed by atoms with Gasteiger partial charge < -0.3 is 15.5 Å². The Balaban J connectivity index is 2.00. The van der Waals surface area contributed by atoms with Crippen molar-refractivity contribution in [3.63, 3.8) is 0 Å². The fourth-order valence-corrected chi connectivity index (χ4v) is 2.96. The monoisotopic (exact) mass is 286 g/mol. The van der Waals surface area contributed by atoms with Crippen LogP contribution < -0.4 is 10.6 Å². The summed E-state index contributed by atoms with van der Waals surface area (Å²) in [4.78, 5) is 16.1. The number of likely N-dealkylation sites (tertiary alicyclic amines) is 1. The van der Waals surface area contributed by atoms with Crippen molar-refractivity contribution >= 4 is 22.8 Å². The third kappa shape index (κ3) is 2.76. The lowest BCUT2D eigenvalue weighted by Crippen LogP contribution is -2.24. The van der Waals surface area contributed by atoms with E-state index in [1.54, 1.807) is 0 Å². The number of fused-ring (bicyclic) bond motifs is 1. The Labute approximate surface area is 125 Å². The molecule has 3 rings (SSSR count). The van der Waals surface area contributed by atoms with Crippen LogP contribution >= 0.6 is 0 Å². The molecule has 1 atom stereocenters. The SMILES string of the molecule is CNc1nc(N[C@@H]2CCN(C)C2)nc2nc(C)cc(C)c12. The first-order chi connectivity index (χ1) is 10.1. The molecule has 0 bridgehead atoms. The molecular weight excluding hydrogens is 264 g/mol. The molecule has 6 nitrogen and oxygen atoms in total. The van der Waals surface area contributed by atoms with Gasteiger partial charge in [0.2, 0.25) is 5.95 Å². The highest BCUT2D eigenvalue weighted by atomic mass is 15.2. The largest absolute Gasteiger partial charge is 0.372 e. The van der Waals surface area contributed by atoms with E-state index in [1.807, 2.05) is 14.0 Å². The highest BCUT2D eigenvalue weighted by Gasteiger charge is 2.21. The average molecular weight is 286 g/mol. The Morgan fingerprint density at radius 2 is 2.05 bits per heavy atom. The van der Waals surface area contributed by atoms with E-state index in [-0.39, 0.29) is 0 Å². The molecule has 1 aliphatic rings. The van der Waals surface area contributed by atoms with Crippen molar-refractivity contribution in [2.24, 2.45) is 0 Å². The second-order valence-corrected chi connectivity index (χ2v) is 5.82. The first-order valence-corrected chi connectivity index (χ1v) is 7.35. The minimum absolute atomic E-state index is 0.406. The summed E-state index contributed by atoms with van der Waals surface area (Å²) >= 11 is 0. The van der Waals surface area contributed by atoms with E-state index < -0.39 is 0 Å². The summed E-state index contributed by atoms with van der Waals surface area (Å²) in [5, 5.41) is 7.59. The molecule has 0 spiro atoms. The standard InChI is InChI=1S/C15H22N6/c1-9-7-10(2)17-14-12(9)13(16-3)19-15(20-14)18-11-5-6-21(4)8-11/h7,11H,5-6,8H2,1-4H3,(H2,16,17,18,19,20)/t11-/m1/s1. The molecule has 1 fully saturated rings. The van der Waals surface area contributed by atoms with Crippen molar-refractivity contribution in [1.29, 1.82) is 0 Å². The first kappa shape index (κ1) is 14.0. The minimum atomic E-state index is 0.406. The number of nitrogens with zero attached hydrogens (tertiary/aromatic N) is 4. The quantitative estimate of drug-likeness (QED) is 0.897. The Hall–Kier alpha value is -1.95. The summed E-state index contributed by atoms with van der Waals surface area (Å²) in [6.45, 7) is 6.20. The van der Waals surface area contributed by atoms with Crippen LogP contribution in [0, 0.1) is 13.8 Å². The van der Waals surface area contributed by atoms with Crippen LogP contribution in [0.15, 0.2) is 6.07 Å².